The molecule has 5 nitrogen and oxygen atoms in total. The van der Waals surface area contributed by atoms with Crippen LogP contribution in [0.5, 0.6) is 0 Å². The van der Waals surface area contributed by atoms with Crippen molar-refractivity contribution in [3.63, 3.8) is 0 Å². The number of nitrogens with one attached hydrogen (secondary N) is 2. The van der Waals surface area contributed by atoms with Crippen LogP contribution >= 0.6 is 0 Å². The summed E-state index contributed by atoms with van der Waals surface area (Å²) in [7, 11) is 3.96. The van der Waals surface area contributed by atoms with Crippen LogP contribution in [-0.2, 0) is 0 Å². The van der Waals surface area contributed by atoms with Crippen LogP contribution in [-0.4, -0.2) is 49.0 Å². The summed E-state index contributed by atoms with van der Waals surface area (Å²) in [6, 6.07) is 4.09. The molecule has 5 heteroatoms. The Labute approximate surface area is 108 Å². The quantitative estimate of drug-likeness (QED) is 0.787. The summed E-state index contributed by atoms with van der Waals surface area (Å²) in [6.45, 7) is 1.47. The van der Waals surface area contributed by atoms with Gasteiger partial charge in [-0.3, -0.25) is 4.79 Å². The number of carbonyl (C=O) groups is 1. The minimum absolute atomic E-state index is 0.0619. The molecule has 0 radical (unpaired) electrons. The molecule has 1 saturated carbocycles. The Balaban J connectivity index is 1.95. The van der Waals surface area contributed by atoms with E-state index in [1.165, 1.54) is 0 Å². The lowest BCUT2D eigenvalue weighted by Crippen LogP contribution is -2.32. The average Bonchev–Trinajstić information content (AvgIpc) is 3.13. The Morgan fingerprint density at radius 2 is 2.28 bits per heavy atom. The minimum atomic E-state index is -0.0619. The second kappa shape index (κ2) is 5.82. The number of pyridine rings is 1. The van der Waals surface area contributed by atoms with E-state index in [9.17, 15) is 4.79 Å². The van der Waals surface area contributed by atoms with Crippen molar-refractivity contribution in [1.82, 2.24) is 15.2 Å². The number of hydrogen-bond acceptors (Lipinski definition) is 4. The fourth-order valence-electron chi connectivity index (χ4n) is 1.61. The Bertz CT molecular complexity index is 415. The highest BCUT2D eigenvalue weighted by Gasteiger charge is 2.23. The first kappa shape index (κ1) is 12.8. The predicted molar refractivity (Wildman–Crippen MR) is 71.8 cm³/mol. The molecule has 1 aliphatic rings. The zero-order valence-corrected chi connectivity index (χ0v) is 10.9. The van der Waals surface area contributed by atoms with E-state index in [4.69, 9.17) is 0 Å². The SMILES string of the molecule is CN(C)CCNC(=O)c1cccnc1NC1CC1. The number of anilines is 1. The van der Waals surface area contributed by atoms with Gasteiger partial charge in [0.25, 0.3) is 5.91 Å². The molecule has 0 atom stereocenters. The Hall–Kier alpha value is -1.62. The number of nitrogens with zero attached hydrogens (tertiary/aromatic N) is 2. The van der Waals surface area contributed by atoms with E-state index in [0.29, 0.717) is 24.0 Å². The lowest BCUT2D eigenvalue weighted by molar-refractivity contribution is 0.0951. The molecule has 1 aromatic heterocycles. The third-order valence-electron chi connectivity index (χ3n) is 2.82. The first-order chi connectivity index (χ1) is 8.66. The zero-order chi connectivity index (χ0) is 13.0. The van der Waals surface area contributed by atoms with Gasteiger partial charge in [0, 0.05) is 25.3 Å². The summed E-state index contributed by atoms with van der Waals surface area (Å²) in [4.78, 5) is 18.3. The van der Waals surface area contributed by atoms with Crippen LogP contribution in [0.3, 0.4) is 0 Å². The fraction of sp³-hybridized carbons (Fsp3) is 0.538. The number of carbonyl (C=O) groups excluding carboxylic acids is 1. The second-order valence-electron chi connectivity index (χ2n) is 4.88. The predicted octanol–water partition coefficient (Wildman–Crippen LogP) is 0.947. The van der Waals surface area contributed by atoms with Gasteiger partial charge in [0.05, 0.1) is 5.56 Å². The molecule has 0 aliphatic heterocycles. The summed E-state index contributed by atoms with van der Waals surface area (Å²) in [6.07, 6.45) is 4.04. The van der Waals surface area contributed by atoms with Gasteiger partial charge in [0.2, 0.25) is 0 Å². The van der Waals surface area contributed by atoms with Gasteiger partial charge in [0.1, 0.15) is 5.82 Å². The molecule has 0 saturated heterocycles. The van der Waals surface area contributed by atoms with Crippen LogP contribution in [0.1, 0.15) is 23.2 Å². The zero-order valence-electron chi connectivity index (χ0n) is 10.9. The van der Waals surface area contributed by atoms with Gasteiger partial charge in [-0.2, -0.15) is 0 Å². The molecule has 1 aromatic rings. The van der Waals surface area contributed by atoms with Crippen molar-refractivity contribution in [2.45, 2.75) is 18.9 Å². The maximum Gasteiger partial charge on any atom is 0.255 e. The molecule has 1 heterocycles. The number of aromatic nitrogens is 1. The summed E-state index contributed by atoms with van der Waals surface area (Å²) in [5, 5.41) is 6.19. The van der Waals surface area contributed by atoms with Crippen LogP contribution in [0.15, 0.2) is 18.3 Å². The van der Waals surface area contributed by atoms with Crippen molar-refractivity contribution in [2.24, 2.45) is 0 Å². The van der Waals surface area contributed by atoms with Gasteiger partial charge in [0.15, 0.2) is 0 Å². The van der Waals surface area contributed by atoms with Crippen LogP contribution < -0.4 is 10.6 Å². The van der Waals surface area contributed by atoms with Crippen molar-refractivity contribution < 1.29 is 4.79 Å². The van der Waals surface area contributed by atoms with E-state index >= 15 is 0 Å². The van der Waals surface area contributed by atoms with E-state index in [2.05, 4.69) is 15.6 Å². The van der Waals surface area contributed by atoms with Gasteiger partial charge in [-0.25, -0.2) is 4.98 Å². The molecule has 1 aliphatic carbocycles. The molecule has 18 heavy (non-hydrogen) atoms. The third kappa shape index (κ3) is 3.70. The summed E-state index contributed by atoms with van der Waals surface area (Å²) < 4.78 is 0. The van der Waals surface area contributed by atoms with Crippen molar-refractivity contribution >= 4 is 11.7 Å². The van der Waals surface area contributed by atoms with Crippen LogP contribution in [0.25, 0.3) is 0 Å². The largest absolute Gasteiger partial charge is 0.367 e. The smallest absolute Gasteiger partial charge is 0.255 e. The molecular weight excluding hydrogens is 228 g/mol. The maximum atomic E-state index is 12.0. The van der Waals surface area contributed by atoms with Gasteiger partial charge < -0.3 is 15.5 Å². The maximum absolute atomic E-state index is 12.0. The molecule has 1 fully saturated rings. The fourth-order valence-corrected chi connectivity index (χ4v) is 1.61. The van der Waals surface area contributed by atoms with Crippen molar-refractivity contribution in [3.05, 3.63) is 23.9 Å². The molecule has 0 unspecified atom stereocenters. The third-order valence-corrected chi connectivity index (χ3v) is 2.82. The van der Waals surface area contributed by atoms with Gasteiger partial charge in [-0.15, -0.1) is 0 Å². The molecule has 0 bridgehead atoms. The van der Waals surface area contributed by atoms with Crippen LogP contribution in [0.2, 0.25) is 0 Å². The number of hydrogen-bond donors (Lipinski definition) is 2. The minimum Gasteiger partial charge on any atom is -0.367 e. The summed E-state index contributed by atoms with van der Waals surface area (Å²) in [5.74, 6) is 0.635. The standard InChI is InChI=1S/C13H20N4O/c1-17(2)9-8-15-13(18)11-4-3-7-14-12(11)16-10-5-6-10/h3-4,7,10H,5-6,8-9H2,1-2H3,(H,14,16)(H,15,18). The van der Waals surface area contributed by atoms with E-state index < -0.39 is 0 Å². The van der Waals surface area contributed by atoms with Crippen molar-refractivity contribution in [3.8, 4) is 0 Å². The molecule has 98 valence electrons. The highest BCUT2D eigenvalue weighted by atomic mass is 16.1. The molecule has 2 N–H and O–H groups in total. The summed E-state index contributed by atoms with van der Waals surface area (Å²) >= 11 is 0. The lowest BCUT2D eigenvalue weighted by atomic mass is 10.2. The van der Waals surface area contributed by atoms with Gasteiger partial charge in [-0.05, 0) is 39.1 Å². The molecule has 0 spiro atoms. The topological polar surface area (TPSA) is 57.3 Å². The molecule has 1 amide bonds. The number of rotatable bonds is 6. The van der Waals surface area contributed by atoms with Crippen molar-refractivity contribution in [2.75, 3.05) is 32.5 Å². The van der Waals surface area contributed by atoms with E-state index in [-0.39, 0.29) is 5.91 Å². The van der Waals surface area contributed by atoms with Crippen LogP contribution in [0, 0.1) is 0 Å². The lowest BCUT2D eigenvalue weighted by Gasteiger charge is -2.12. The normalized spacial score (nSPS) is 14.6. The second-order valence-corrected chi connectivity index (χ2v) is 4.88. The van der Waals surface area contributed by atoms with E-state index in [0.717, 1.165) is 19.4 Å². The van der Waals surface area contributed by atoms with Gasteiger partial charge in [-0.1, -0.05) is 0 Å². The summed E-state index contributed by atoms with van der Waals surface area (Å²) in [5.41, 5.74) is 0.628. The highest BCUT2D eigenvalue weighted by Crippen LogP contribution is 2.25. The van der Waals surface area contributed by atoms with Crippen LogP contribution in [0.4, 0.5) is 5.82 Å². The van der Waals surface area contributed by atoms with Gasteiger partial charge >= 0.3 is 0 Å². The highest BCUT2D eigenvalue weighted by molar-refractivity contribution is 5.98. The Kier molecular flexibility index (Phi) is 4.15. The Morgan fingerprint density at radius 3 is 2.94 bits per heavy atom. The van der Waals surface area contributed by atoms with E-state index in [1.807, 2.05) is 25.1 Å². The Morgan fingerprint density at radius 1 is 1.50 bits per heavy atom. The number of amides is 1. The first-order valence-electron chi connectivity index (χ1n) is 6.31. The van der Waals surface area contributed by atoms with E-state index in [1.54, 1.807) is 12.3 Å². The monoisotopic (exact) mass is 248 g/mol. The molecule has 2 rings (SSSR count). The average molecular weight is 248 g/mol. The molecular formula is C13H20N4O. The number of likely N-dealkylation sites (N-methyl/N-ethyl adjacent to an activating group) is 1. The first-order valence-corrected chi connectivity index (χ1v) is 6.31. The van der Waals surface area contributed by atoms with Crippen molar-refractivity contribution in [1.29, 1.82) is 0 Å². The molecule has 0 aromatic carbocycles.